The molecule has 0 bridgehead atoms. The van der Waals surface area contributed by atoms with Crippen LogP contribution in [0.5, 0.6) is 5.75 Å². The van der Waals surface area contributed by atoms with E-state index in [1.807, 2.05) is 24.3 Å². The Morgan fingerprint density at radius 1 is 1.44 bits per heavy atom. The molecule has 0 saturated heterocycles. The molecule has 18 heavy (non-hydrogen) atoms. The molecule has 1 aromatic heterocycles. The number of benzene rings is 1. The molecule has 5 heteroatoms. The van der Waals surface area contributed by atoms with E-state index in [0.717, 1.165) is 35.7 Å². The smallest absolute Gasteiger partial charge is 0.119 e. The molecule has 1 heterocycles. The van der Waals surface area contributed by atoms with Gasteiger partial charge in [0.2, 0.25) is 0 Å². The normalized spacial score (nSPS) is 10.3. The second kappa shape index (κ2) is 6.07. The van der Waals surface area contributed by atoms with Gasteiger partial charge in [0, 0.05) is 12.1 Å². The molecular formula is C13H18N4O. The minimum atomic E-state index is 0.680. The molecule has 0 amide bonds. The summed E-state index contributed by atoms with van der Waals surface area (Å²) in [6, 6.07) is 7.87. The Kier molecular flexibility index (Phi) is 4.20. The second-order valence-corrected chi connectivity index (χ2v) is 3.96. The first-order valence-electron chi connectivity index (χ1n) is 5.97. The monoisotopic (exact) mass is 246 g/mol. The Hall–Kier alpha value is -2.01. The number of aromatic amines is 1. The molecule has 0 spiro atoms. The first-order chi connectivity index (χ1) is 8.85. The summed E-state index contributed by atoms with van der Waals surface area (Å²) in [6.45, 7) is 1.52. The molecule has 0 saturated carbocycles. The van der Waals surface area contributed by atoms with Gasteiger partial charge in [-0.25, -0.2) is 0 Å². The third-order valence-corrected chi connectivity index (χ3v) is 2.69. The SMILES string of the molecule is COc1cccc(-c2[nH]ncc2NCCCN)c1. The third kappa shape index (κ3) is 2.81. The number of nitrogens with zero attached hydrogens (tertiary/aromatic N) is 1. The van der Waals surface area contributed by atoms with Gasteiger partial charge >= 0.3 is 0 Å². The van der Waals surface area contributed by atoms with Crippen LogP contribution in [0.15, 0.2) is 30.5 Å². The van der Waals surface area contributed by atoms with E-state index in [-0.39, 0.29) is 0 Å². The summed E-state index contributed by atoms with van der Waals surface area (Å²) in [5, 5.41) is 10.4. The van der Waals surface area contributed by atoms with Crippen LogP contribution in [-0.2, 0) is 0 Å². The lowest BCUT2D eigenvalue weighted by Gasteiger charge is -2.07. The summed E-state index contributed by atoms with van der Waals surface area (Å²) in [6.07, 6.45) is 2.72. The quantitative estimate of drug-likeness (QED) is 0.680. The molecule has 0 aliphatic heterocycles. The van der Waals surface area contributed by atoms with Crippen LogP contribution in [0.25, 0.3) is 11.3 Å². The van der Waals surface area contributed by atoms with Gasteiger partial charge in [-0.05, 0) is 25.1 Å². The van der Waals surface area contributed by atoms with E-state index >= 15 is 0 Å². The third-order valence-electron chi connectivity index (χ3n) is 2.69. The first-order valence-corrected chi connectivity index (χ1v) is 5.97. The fraction of sp³-hybridized carbons (Fsp3) is 0.308. The van der Waals surface area contributed by atoms with Crippen LogP contribution in [0.2, 0.25) is 0 Å². The Morgan fingerprint density at radius 3 is 3.11 bits per heavy atom. The minimum Gasteiger partial charge on any atom is -0.497 e. The summed E-state index contributed by atoms with van der Waals surface area (Å²) in [5.74, 6) is 0.829. The maximum atomic E-state index is 5.48. The van der Waals surface area contributed by atoms with Crippen molar-refractivity contribution in [3.8, 4) is 17.0 Å². The van der Waals surface area contributed by atoms with Crippen molar-refractivity contribution in [2.45, 2.75) is 6.42 Å². The standard InChI is InChI=1S/C13H18N4O/c1-18-11-5-2-4-10(8-11)13-12(9-16-17-13)15-7-3-6-14/h2,4-5,8-9,15H,3,6-7,14H2,1H3,(H,16,17). The Labute approximate surface area is 106 Å². The van der Waals surface area contributed by atoms with E-state index in [1.54, 1.807) is 13.3 Å². The fourth-order valence-corrected chi connectivity index (χ4v) is 1.74. The number of hydrogen-bond acceptors (Lipinski definition) is 4. The zero-order chi connectivity index (χ0) is 12.8. The van der Waals surface area contributed by atoms with Gasteiger partial charge < -0.3 is 15.8 Å². The summed E-state index contributed by atoms with van der Waals surface area (Å²) in [7, 11) is 1.66. The van der Waals surface area contributed by atoms with Crippen LogP contribution >= 0.6 is 0 Å². The van der Waals surface area contributed by atoms with Gasteiger partial charge in [0.15, 0.2) is 0 Å². The number of nitrogens with one attached hydrogen (secondary N) is 2. The van der Waals surface area contributed by atoms with Crippen LogP contribution in [-0.4, -0.2) is 30.4 Å². The molecule has 0 radical (unpaired) electrons. The van der Waals surface area contributed by atoms with E-state index in [4.69, 9.17) is 10.5 Å². The highest BCUT2D eigenvalue weighted by molar-refractivity contribution is 5.74. The number of ether oxygens (including phenoxy) is 1. The molecule has 0 fully saturated rings. The molecule has 0 aliphatic carbocycles. The van der Waals surface area contributed by atoms with Gasteiger partial charge in [0.25, 0.3) is 0 Å². The van der Waals surface area contributed by atoms with E-state index in [0.29, 0.717) is 6.54 Å². The van der Waals surface area contributed by atoms with Crippen molar-refractivity contribution in [3.05, 3.63) is 30.5 Å². The molecule has 2 aromatic rings. The Morgan fingerprint density at radius 2 is 2.33 bits per heavy atom. The largest absolute Gasteiger partial charge is 0.497 e. The van der Waals surface area contributed by atoms with Crippen LogP contribution in [0.4, 0.5) is 5.69 Å². The number of aromatic nitrogens is 2. The number of H-pyrrole nitrogens is 1. The van der Waals surface area contributed by atoms with E-state index in [1.165, 1.54) is 0 Å². The van der Waals surface area contributed by atoms with Gasteiger partial charge in [0.1, 0.15) is 5.75 Å². The van der Waals surface area contributed by atoms with Gasteiger partial charge in [-0.15, -0.1) is 0 Å². The minimum absolute atomic E-state index is 0.680. The second-order valence-electron chi connectivity index (χ2n) is 3.96. The highest BCUT2D eigenvalue weighted by atomic mass is 16.5. The van der Waals surface area contributed by atoms with E-state index in [2.05, 4.69) is 15.5 Å². The van der Waals surface area contributed by atoms with Gasteiger partial charge in [-0.1, -0.05) is 12.1 Å². The first kappa shape index (κ1) is 12.4. The van der Waals surface area contributed by atoms with Crippen molar-refractivity contribution >= 4 is 5.69 Å². The predicted molar refractivity (Wildman–Crippen MR) is 72.7 cm³/mol. The van der Waals surface area contributed by atoms with Crippen molar-refractivity contribution in [1.29, 1.82) is 0 Å². The number of methoxy groups -OCH3 is 1. The van der Waals surface area contributed by atoms with Gasteiger partial charge in [-0.2, -0.15) is 5.10 Å². The van der Waals surface area contributed by atoms with Crippen LogP contribution in [0.1, 0.15) is 6.42 Å². The molecule has 1 aromatic carbocycles. The topological polar surface area (TPSA) is 76.0 Å². The summed E-state index contributed by atoms with van der Waals surface area (Å²) < 4.78 is 5.22. The molecule has 4 N–H and O–H groups in total. The maximum absolute atomic E-state index is 5.48. The molecule has 96 valence electrons. The van der Waals surface area contributed by atoms with E-state index < -0.39 is 0 Å². The fourth-order valence-electron chi connectivity index (χ4n) is 1.74. The highest BCUT2D eigenvalue weighted by Gasteiger charge is 2.07. The van der Waals surface area contributed by atoms with Crippen molar-refractivity contribution in [2.75, 3.05) is 25.5 Å². The predicted octanol–water partition coefficient (Wildman–Crippen LogP) is 1.85. The maximum Gasteiger partial charge on any atom is 0.119 e. The van der Waals surface area contributed by atoms with Crippen LogP contribution < -0.4 is 15.8 Å². The Balaban J connectivity index is 2.19. The summed E-state index contributed by atoms with van der Waals surface area (Å²) in [5.41, 5.74) is 8.47. The number of rotatable bonds is 6. The number of anilines is 1. The highest BCUT2D eigenvalue weighted by Crippen LogP contribution is 2.27. The zero-order valence-electron chi connectivity index (χ0n) is 10.4. The molecule has 0 unspecified atom stereocenters. The Bertz CT molecular complexity index is 495. The average Bonchev–Trinajstić information content (AvgIpc) is 2.87. The lowest BCUT2D eigenvalue weighted by molar-refractivity contribution is 0.415. The molecule has 2 rings (SSSR count). The molecule has 0 aliphatic rings. The van der Waals surface area contributed by atoms with Crippen molar-refractivity contribution in [2.24, 2.45) is 5.73 Å². The molecule has 5 nitrogen and oxygen atoms in total. The summed E-state index contributed by atoms with van der Waals surface area (Å²) in [4.78, 5) is 0. The summed E-state index contributed by atoms with van der Waals surface area (Å²) >= 11 is 0. The zero-order valence-corrected chi connectivity index (χ0v) is 10.4. The van der Waals surface area contributed by atoms with Gasteiger partial charge in [0.05, 0.1) is 24.7 Å². The lowest BCUT2D eigenvalue weighted by Crippen LogP contribution is -2.08. The molecule has 0 atom stereocenters. The van der Waals surface area contributed by atoms with Crippen LogP contribution in [0.3, 0.4) is 0 Å². The van der Waals surface area contributed by atoms with Crippen molar-refractivity contribution in [3.63, 3.8) is 0 Å². The number of nitrogens with two attached hydrogens (primary N) is 1. The lowest BCUT2D eigenvalue weighted by atomic mass is 10.1. The van der Waals surface area contributed by atoms with Crippen molar-refractivity contribution in [1.82, 2.24) is 10.2 Å². The van der Waals surface area contributed by atoms with Gasteiger partial charge in [-0.3, -0.25) is 5.10 Å². The number of hydrogen-bond donors (Lipinski definition) is 3. The van der Waals surface area contributed by atoms with Crippen molar-refractivity contribution < 1.29 is 4.74 Å². The molecular weight excluding hydrogens is 228 g/mol. The average molecular weight is 246 g/mol. The van der Waals surface area contributed by atoms with E-state index in [9.17, 15) is 0 Å². The van der Waals surface area contributed by atoms with Crippen LogP contribution in [0, 0.1) is 0 Å².